The van der Waals surface area contributed by atoms with Gasteiger partial charge in [0.25, 0.3) is 5.91 Å². The summed E-state index contributed by atoms with van der Waals surface area (Å²) in [5.41, 5.74) is 9.39. The maximum absolute atomic E-state index is 14.4. The Morgan fingerprint density at radius 1 is 1.00 bits per heavy atom. The number of aryl methyl sites for hydroxylation is 1. The lowest BCUT2D eigenvalue weighted by molar-refractivity contribution is -0.120. The zero-order valence-electron chi connectivity index (χ0n) is 36.5. The Labute approximate surface area is 355 Å². The van der Waals surface area contributed by atoms with Crippen molar-refractivity contribution >= 4 is 23.6 Å². The number of carbonyl (C=O) groups excluding carboxylic acids is 4. The quantitative estimate of drug-likeness (QED) is 0.159. The second kappa shape index (κ2) is 19.6. The molecule has 4 fully saturated rings. The number of fused-ring (bicyclic) bond motifs is 2. The summed E-state index contributed by atoms with van der Waals surface area (Å²) in [6.07, 6.45) is 11.7. The van der Waals surface area contributed by atoms with E-state index < -0.39 is 48.1 Å². The molecule has 0 radical (unpaired) electrons. The molecule has 5 N–H and O–H groups in total. The number of nitrogens with two attached hydrogens (primary N) is 1. The Bertz CT molecular complexity index is 1910. The summed E-state index contributed by atoms with van der Waals surface area (Å²) in [6, 6.07) is 8.72. The summed E-state index contributed by atoms with van der Waals surface area (Å²) in [6.45, 7) is 11.3. The summed E-state index contributed by atoms with van der Waals surface area (Å²) in [5, 5.41) is 17.7. The molecule has 2 amide bonds. The van der Waals surface area contributed by atoms with Crippen molar-refractivity contribution in [1.82, 2.24) is 15.5 Å². The van der Waals surface area contributed by atoms with Crippen molar-refractivity contribution < 1.29 is 38.5 Å². The van der Waals surface area contributed by atoms with Crippen LogP contribution in [-0.4, -0.2) is 90.8 Å². The number of aliphatic hydroxyl groups excluding tert-OH is 1. The van der Waals surface area contributed by atoms with Crippen molar-refractivity contribution in [1.29, 1.82) is 0 Å². The summed E-state index contributed by atoms with van der Waals surface area (Å²) in [7, 11) is 2.99. The summed E-state index contributed by atoms with van der Waals surface area (Å²) < 4.78 is 16.9. The molecule has 5 aliphatic carbocycles. The average molecular weight is 827 g/mol. The average Bonchev–Trinajstić information content (AvgIpc) is 3.18. The predicted molar refractivity (Wildman–Crippen MR) is 230 cm³/mol. The van der Waals surface area contributed by atoms with Gasteiger partial charge in [0, 0.05) is 62.5 Å². The number of benzene rings is 1. The van der Waals surface area contributed by atoms with Crippen molar-refractivity contribution in [2.45, 2.75) is 122 Å². The standard InChI is InChI=1S/C48H66N4O8/c1-28-10-8-12-33(16-28)27-52(48-24-34-20-35(25-48)22-36(21-34)26-48)15-14-50-42-37-17-29(2)18-41(59-7)43(54)31(4)19-32(5)45(60-47(49)57)40(58-6)13-9-11-30(3)46(56)51-38(44(37)55)23-39(42)53/h8-13,16,19,23,29,31,34-36,40-41,43,45,50,54H,14-15,17-18,20-22,24-27H2,1-7H3,(H2,49,57)(H,51,56)/b13-9-,30-11+,32-19+/t29-,31+,34?,35?,36?,40+,41+,43-,45+,48?/m1/s1. The highest BCUT2D eigenvalue weighted by Gasteiger charge is 2.53. The number of hydrogen-bond acceptors (Lipinski definition) is 10. The molecule has 1 aliphatic heterocycles. The highest BCUT2D eigenvalue weighted by Crippen LogP contribution is 2.58. The van der Waals surface area contributed by atoms with Crippen LogP contribution in [0, 0.1) is 36.5 Å². The second-order valence-corrected chi connectivity index (χ2v) is 18.4. The number of hydrogen-bond donors (Lipinski definition) is 4. The monoisotopic (exact) mass is 826 g/mol. The molecule has 1 heterocycles. The highest BCUT2D eigenvalue weighted by molar-refractivity contribution is 6.23. The van der Waals surface area contributed by atoms with Gasteiger partial charge in [0.15, 0.2) is 6.10 Å². The van der Waals surface area contributed by atoms with Crippen LogP contribution in [0.15, 0.2) is 82.8 Å². The Hall–Kier alpha value is -4.36. The number of rotatable bonds is 10. The Morgan fingerprint density at radius 2 is 1.68 bits per heavy atom. The third kappa shape index (κ3) is 10.6. The van der Waals surface area contributed by atoms with Crippen molar-refractivity contribution in [3.63, 3.8) is 0 Å². The van der Waals surface area contributed by atoms with E-state index in [1.54, 1.807) is 38.2 Å². The van der Waals surface area contributed by atoms with E-state index in [2.05, 4.69) is 46.7 Å². The van der Waals surface area contributed by atoms with Crippen LogP contribution in [0.5, 0.6) is 0 Å². The molecule has 12 heteroatoms. The SMILES string of the molecule is CO[C@H]1/C=C\C=C(/C)C(=O)NC2=CC(=O)C(NCCN(Cc3cccc(C)c3)C34CC5CC(CC(C5)C3)C4)=C(C[C@@H](C)C[C@H](OC)[C@H](O)[C@@H](C)/C=C(\C)[C@@H]1OC(N)=O)C2=O. The normalized spacial score (nSPS) is 35.0. The van der Waals surface area contributed by atoms with Gasteiger partial charge in [-0.25, -0.2) is 4.79 Å². The molecule has 0 spiro atoms. The van der Waals surface area contributed by atoms with Crippen molar-refractivity contribution in [2.24, 2.45) is 35.3 Å². The van der Waals surface area contributed by atoms with Crippen molar-refractivity contribution in [3.05, 3.63) is 93.9 Å². The van der Waals surface area contributed by atoms with E-state index in [9.17, 15) is 24.3 Å². The number of primary amides is 1. The van der Waals surface area contributed by atoms with E-state index in [1.165, 1.54) is 69.9 Å². The maximum Gasteiger partial charge on any atom is 0.405 e. The van der Waals surface area contributed by atoms with Gasteiger partial charge in [0.2, 0.25) is 11.6 Å². The zero-order chi connectivity index (χ0) is 43.3. The van der Waals surface area contributed by atoms with Crippen LogP contribution in [0.1, 0.15) is 90.2 Å². The lowest BCUT2D eigenvalue weighted by atomic mass is 9.52. The largest absolute Gasteiger partial charge is 0.439 e. The van der Waals surface area contributed by atoms with Crippen LogP contribution >= 0.6 is 0 Å². The van der Waals surface area contributed by atoms with Gasteiger partial charge < -0.3 is 35.7 Å². The predicted octanol–water partition coefficient (Wildman–Crippen LogP) is 6.13. The van der Waals surface area contributed by atoms with Crippen molar-refractivity contribution in [3.8, 4) is 0 Å². The molecular formula is C48H66N4O8. The number of aliphatic hydroxyl groups is 1. The van der Waals surface area contributed by atoms with E-state index in [4.69, 9.17) is 19.9 Å². The molecule has 0 saturated heterocycles. The fraction of sp³-hybridized carbons (Fsp3) is 0.583. The van der Waals surface area contributed by atoms with Crippen LogP contribution in [0.3, 0.4) is 0 Å². The lowest BCUT2D eigenvalue weighted by Gasteiger charge is -2.60. The highest BCUT2D eigenvalue weighted by atomic mass is 16.6. The molecule has 6 atom stereocenters. The number of nitrogens with one attached hydrogen (secondary N) is 2. The van der Waals surface area contributed by atoms with Crippen LogP contribution in [0.4, 0.5) is 4.79 Å². The molecule has 0 unspecified atom stereocenters. The topological polar surface area (TPSA) is 170 Å². The van der Waals surface area contributed by atoms with Gasteiger partial charge in [-0.3, -0.25) is 19.3 Å². The Morgan fingerprint density at radius 3 is 2.30 bits per heavy atom. The number of ketones is 2. The molecule has 326 valence electrons. The maximum atomic E-state index is 14.4. The van der Waals surface area contributed by atoms with Crippen LogP contribution in [-0.2, 0) is 35.1 Å². The first-order valence-electron chi connectivity index (χ1n) is 21.7. The minimum absolute atomic E-state index is 0.0940. The van der Waals surface area contributed by atoms with E-state index in [-0.39, 0.29) is 40.6 Å². The number of methoxy groups -OCH3 is 2. The van der Waals surface area contributed by atoms with Gasteiger partial charge in [0.05, 0.1) is 23.6 Å². The van der Waals surface area contributed by atoms with Gasteiger partial charge in [-0.1, -0.05) is 68.0 Å². The Balaban J connectivity index is 1.29. The van der Waals surface area contributed by atoms with Gasteiger partial charge in [-0.15, -0.1) is 0 Å². The first kappa shape index (κ1) is 45.2. The van der Waals surface area contributed by atoms with E-state index >= 15 is 0 Å². The molecule has 12 nitrogen and oxygen atoms in total. The summed E-state index contributed by atoms with van der Waals surface area (Å²) >= 11 is 0. The number of ether oxygens (including phenoxy) is 3. The lowest BCUT2D eigenvalue weighted by Crippen LogP contribution is -2.60. The molecule has 0 aromatic heterocycles. The Kier molecular flexibility index (Phi) is 14.7. The number of carbonyl (C=O) groups is 4. The summed E-state index contributed by atoms with van der Waals surface area (Å²) in [4.78, 5) is 56.6. The van der Waals surface area contributed by atoms with Gasteiger partial charge >= 0.3 is 6.09 Å². The molecule has 6 aliphatic rings. The minimum atomic E-state index is -0.992. The number of Topliss-reactive ketones (excluding diaryl/α,β-unsaturated/α-hetero) is 1. The van der Waals surface area contributed by atoms with Crippen molar-refractivity contribution in [2.75, 3.05) is 27.3 Å². The first-order chi connectivity index (χ1) is 28.6. The van der Waals surface area contributed by atoms with Gasteiger partial charge in [-0.05, 0) is 107 Å². The molecule has 60 heavy (non-hydrogen) atoms. The molecule has 6 bridgehead atoms. The van der Waals surface area contributed by atoms with E-state index in [0.29, 0.717) is 30.7 Å². The van der Waals surface area contributed by atoms with E-state index in [0.717, 1.165) is 24.3 Å². The molecule has 1 aromatic rings. The van der Waals surface area contributed by atoms with Crippen LogP contribution in [0.25, 0.3) is 0 Å². The third-order valence-corrected chi connectivity index (χ3v) is 13.6. The third-order valence-electron chi connectivity index (χ3n) is 13.6. The van der Waals surface area contributed by atoms with E-state index in [1.807, 2.05) is 13.8 Å². The van der Waals surface area contributed by atoms with Crippen LogP contribution in [0.2, 0.25) is 0 Å². The fourth-order valence-corrected chi connectivity index (χ4v) is 11.1. The zero-order valence-corrected chi connectivity index (χ0v) is 36.5. The number of amides is 2. The smallest absolute Gasteiger partial charge is 0.405 e. The minimum Gasteiger partial charge on any atom is -0.439 e. The molecule has 1 aromatic carbocycles. The summed E-state index contributed by atoms with van der Waals surface area (Å²) in [5.74, 6) is 0.282. The van der Waals surface area contributed by atoms with Gasteiger partial charge in [0.1, 0.15) is 6.10 Å². The van der Waals surface area contributed by atoms with Crippen LogP contribution < -0.4 is 16.4 Å². The number of allylic oxidation sites excluding steroid dienone is 4. The molecular weight excluding hydrogens is 761 g/mol. The molecule has 7 rings (SSSR count). The van der Waals surface area contributed by atoms with Gasteiger partial charge in [-0.2, -0.15) is 0 Å². The number of nitrogens with zero attached hydrogens (tertiary/aromatic N) is 1. The second-order valence-electron chi connectivity index (χ2n) is 18.4. The molecule has 4 saturated carbocycles. The fourth-order valence-electron chi connectivity index (χ4n) is 11.1. The first-order valence-corrected chi connectivity index (χ1v) is 21.7.